The Bertz CT molecular complexity index is 554. The highest BCUT2D eigenvalue weighted by atomic mass is 35.5. The summed E-state index contributed by atoms with van der Waals surface area (Å²) in [7, 11) is 0. The standard InChI is InChI=1S/C20H29ClN2/c1-20(2)9-7-17(8-12-23-13-10-22-11-14-23)19(15-20)16-3-5-18(21)6-4-16/h3-6,22H,7-15H2,1-2H3. The van der Waals surface area contributed by atoms with Crippen molar-refractivity contribution in [3.63, 3.8) is 0 Å². The molecule has 0 spiro atoms. The fraction of sp³-hybridized carbons (Fsp3) is 0.600. The highest BCUT2D eigenvalue weighted by Crippen LogP contribution is 2.44. The highest BCUT2D eigenvalue weighted by molar-refractivity contribution is 6.30. The van der Waals surface area contributed by atoms with Gasteiger partial charge >= 0.3 is 0 Å². The van der Waals surface area contributed by atoms with Crippen molar-refractivity contribution < 1.29 is 0 Å². The van der Waals surface area contributed by atoms with Crippen LogP contribution in [0.4, 0.5) is 0 Å². The minimum atomic E-state index is 0.410. The van der Waals surface area contributed by atoms with Crippen LogP contribution < -0.4 is 5.32 Å². The van der Waals surface area contributed by atoms with Crippen molar-refractivity contribution in [2.45, 2.75) is 39.5 Å². The lowest BCUT2D eigenvalue weighted by molar-refractivity contribution is 0.241. The fourth-order valence-electron chi connectivity index (χ4n) is 3.79. The van der Waals surface area contributed by atoms with Crippen LogP contribution in [-0.2, 0) is 0 Å². The summed E-state index contributed by atoms with van der Waals surface area (Å²) in [6.45, 7) is 10.6. The molecule has 1 aromatic rings. The van der Waals surface area contributed by atoms with E-state index in [1.54, 1.807) is 11.1 Å². The van der Waals surface area contributed by atoms with E-state index in [9.17, 15) is 0 Å². The van der Waals surface area contributed by atoms with Crippen LogP contribution in [0.3, 0.4) is 0 Å². The molecule has 0 atom stereocenters. The summed E-state index contributed by atoms with van der Waals surface area (Å²) in [6, 6.07) is 8.45. The molecule has 1 aliphatic carbocycles. The summed E-state index contributed by atoms with van der Waals surface area (Å²) in [5, 5.41) is 4.26. The van der Waals surface area contributed by atoms with E-state index >= 15 is 0 Å². The van der Waals surface area contributed by atoms with Crippen LogP contribution >= 0.6 is 11.6 Å². The Hall–Kier alpha value is -0.830. The SMILES string of the molecule is CC1(C)CCC(CCN2CCNCC2)=C(c2ccc(Cl)cc2)C1. The van der Waals surface area contributed by atoms with E-state index in [2.05, 4.69) is 36.2 Å². The van der Waals surface area contributed by atoms with Gasteiger partial charge in [-0.2, -0.15) is 0 Å². The molecular formula is C20H29ClN2. The molecule has 1 fully saturated rings. The fourth-order valence-corrected chi connectivity index (χ4v) is 3.92. The van der Waals surface area contributed by atoms with Gasteiger partial charge < -0.3 is 10.2 Å². The third-order valence-corrected chi connectivity index (χ3v) is 5.57. The molecule has 0 radical (unpaired) electrons. The molecule has 0 bridgehead atoms. The Morgan fingerprint density at radius 1 is 1.13 bits per heavy atom. The molecule has 1 N–H and O–H groups in total. The number of rotatable bonds is 4. The van der Waals surface area contributed by atoms with E-state index in [0.29, 0.717) is 5.41 Å². The summed E-state index contributed by atoms with van der Waals surface area (Å²) in [5.41, 5.74) is 5.03. The molecule has 0 saturated carbocycles. The first-order valence-electron chi connectivity index (χ1n) is 8.93. The Morgan fingerprint density at radius 3 is 2.52 bits per heavy atom. The molecule has 1 saturated heterocycles. The maximum atomic E-state index is 6.08. The van der Waals surface area contributed by atoms with E-state index in [-0.39, 0.29) is 0 Å². The maximum absolute atomic E-state index is 6.08. The van der Waals surface area contributed by atoms with Gasteiger partial charge in [0.25, 0.3) is 0 Å². The van der Waals surface area contributed by atoms with E-state index < -0.39 is 0 Å². The molecule has 1 heterocycles. The molecule has 0 aromatic heterocycles. The Kier molecular flexibility index (Phi) is 5.45. The van der Waals surface area contributed by atoms with E-state index in [1.165, 1.54) is 50.9 Å². The number of halogens is 1. The van der Waals surface area contributed by atoms with Crippen LogP contribution in [0, 0.1) is 5.41 Å². The summed E-state index contributed by atoms with van der Waals surface area (Å²) in [5.74, 6) is 0. The zero-order valence-electron chi connectivity index (χ0n) is 14.5. The number of nitrogens with one attached hydrogen (secondary N) is 1. The third kappa shape index (κ3) is 4.59. The first-order chi connectivity index (χ1) is 11.0. The average molecular weight is 333 g/mol. The summed E-state index contributed by atoms with van der Waals surface area (Å²) < 4.78 is 0. The topological polar surface area (TPSA) is 15.3 Å². The number of hydrogen-bond donors (Lipinski definition) is 1. The van der Waals surface area contributed by atoms with E-state index in [0.717, 1.165) is 18.1 Å². The average Bonchev–Trinajstić information content (AvgIpc) is 2.55. The molecule has 1 aliphatic heterocycles. The van der Waals surface area contributed by atoms with E-state index in [1.807, 2.05) is 12.1 Å². The monoisotopic (exact) mass is 332 g/mol. The first kappa shape index (κ1) is 17.0. The van der Waals surface area contributed by atoms with Gasteiger partial charge in [-0.1, -0.05) is 43.2 Å². The van der Waals surface area contributed by atoms with Crippen LogP contribution in [0.2, 0.25) is 5.02 Å². The molecule has 23 heavy (non-hydrogen) atoms. The normalized spacial score (nSPS) is 22.4. The zero-order valence-corrected chi connectivity index (χ0v) is 15.3. The molecule has 126 valence electrons. The molecule has 1 aromatic carbocycles. The van der Waals surface area contributed by atoms with Crippen LogP contribution in [0.1, 0.15) is 45.1 Å². The van der Waals surface area contributed by atoms with Gasteiger partial charge in [-0.3, -0.25) is 0 Å². The predicted molar refractivity (Wildman–Crippen MR) is 99.9 cm³/mol. The van der Waals surface area contributed by atoms with Gasteiger partial charge in [0.2, 0.25) is 0 Å². The second kappa shape index (κ2) is 7.38. The number of allylic oxidation sites excluding steroid dienone is 1. The maximum Gasteiger partial charge on any atom is 0.0406 e. The van der Waals surface area contributed by atoms with Gasteiger partial charge in [0.1, 0.15) is 0 Å². The largest absolute Gasteiger partial charge is 0.314 e. The highest BCUT2D eigenvalue weighted by Gasteiger charge is 2.27. The van der Waals surface area contributed by atoms with Crippen LogP contribution in [0.5, 0.6) is 0 Å². The number of piperazine rings is 1. The Balaban J connectivity index is 1.77. The number of nitrogens with zero attached hydrogens (tertiary/aromatic N) is 1. The molecule has 2 aliphatic rings. The van der Waals surface area contributed by atoms with Crippen molar-refractivity contribution in [3.8, 4) is 0 Å². The Labute approximate surface area is 145 Å². The minimum absolute atomic E-state index is 0.410. The second-order valence-electron chi connectivity index (χ2n) is 7.77. The molecular weight excluding hydrogens is 304 g/mol. The van der Waals surface area contributed by atoms with Crippen molar-refractivity contribution in [3.05, 3.63) is 40.4 Å². The zero-order chi connectivity index (χ0) is 16.3. The van der Waals surface area contributed by atoms with Crippen LogP contribution in [-0.4, -0.2) is 37.6 Å². The molecule has 2 nitrogen and oxygen atoms in total. The van der Waals surface area contributed by atoms with Crippen molar-refractivity contribution >= 4 is 17.2 Å². The van der Waals surface area contributed by atoms with Crippen molar-refractivity contribution in [1.82, 2.24) is 10.2 Å². The van der Waals surface area contributed by atoms with Crippen LogP contribution in [0.25, 0.3) is 5.57 Å². The van der Waals surface area contributed by atoms with Gasteiger partial charge in [0.15, 0.2) is 0 Å². The van der Waals surface area contributed by atoms with Gasteiger partial charge in [0, 0.05) is 37.7 Å². The smallest absolute Gasteiger partial charge is 0.0406 e. The molecule has 3 rings (SSSR count). The van der Waals surface area contributed by atoms with Gasteiger partial charge in [0.05, 0.1) is 0 Å². The number of benzene rings is 1. The molecule has 0 unspecified atom stereocenters. The number of hydrogen-bond acceptors (Lipinski definition) is 2. The predicted octanol–water partition coefficient (Wildman–Crippen LogP) is 4.60. The Morgan fingerprint density at radius 2 is 1.83 bits per heavy atom. The lowest BCUT2D eigenvalue weighted by Gasteiger charge is -2.35. The first-order valence-corrected chi connectivity index (χ1v) is 9.31. The van der Waals surface area contributed by atoms with Crippen molar-refractivity contribution in [2.24, 2.45) is 5.41 Å². The lowest BCUT2D eigenvalue weighted by Crippen LogP contribution is -2.43. The third-order valence-electron chi connectivity index (χ3n) is 5.32. The van der Waals surface area contributed by atoms with Gasteiger partial charge in [-0.05, 0) is 54.4 Å². The minimum Gasteiger partial charge on any atom is -0.314 e. The lowest BCUT2D eigenvalue weighted by atomic mass is 9.72. The summed E-state index contributed by atoms with van der Waals surface area (Å²) in [6.07, 6.45) is 4.96. The molecule has 3 heteroatoms. The van der Waals surface area contributed by atoms with E-state index in [4.69, 9.17) is 11.6 Å². The van der Waals surface area contributed by atoms with Crippen LogP contribution in [0.15, 0.2) is 29.8 Å². The van der Waals surface area contributed by atoms with Gasteiger partial charge in [-0.15, -0.1) is 0 Å². The summed E-state index contributed by atoms with van der Waals surface area (Å²) in [4.78, 5) is 2.60. The quantitative estimate of drug-likeness (QED) is 0.866. The van der Waals surface area contributed by atoms with Crippen molar-refractivity contribution in [1.29, 1.82) is 0 Å². The summed E-state index contributed by atoms with van der Waals surface area (Å²) >= 11 is 6.08. The van der Waals surface area contributed by atoms with Crippen molar-refractivity contribution in [2.75, 3.05) is 32.7 Å². The second-order valence-corrected chi connectivity index (χ2v) is 8.21. The van der Waals surface area contributed by atoms with Gasteiger partial charge in [-0.25, -0.2) is 0 Å². The molecule has 0 amide bonds.